The Morgan fingerprint density at radius 2 is 1.09 bits per heavy atom. The van der Waals surface area contributed by atoms with Gasteiger partial charge >= 0.3 is 11.9 Å². The van der Waals surface area contributed by atoms with E-state index in [-0.39, 0.29) is 16.5 Å². The molecule has 3 rings (SSSR count). The lowest BCUT2D eigenvalue weighted by atomic mass is 9.97. The van der Waals surface area contributed by atoms with E-state index in [0.29, 0.717) is 0 Å². The van der Waals surface area contributed by atoms with Crippen LogP contribution in [0.4, 0.5) is 0 Å². The van der Waals surface area contributed by atoms with Gasteiger partial charge in [0.05, 0.1) is 11.1 Å². The highest BCUT2D eigenvalue weighted by molar-refractivity contribution is 7.87. The van der Waals surface area contributed by atoms with Crippen LogP contribution in [0.2, 0.25) is 0 Å². The molecule has 2 N–H and O–H groups in total. The van der Waals surface area contributed by atoms with Crippen LogP contribution in [-0.2, 0) is 25.0 Å². The molecule has 23 heavy (non-hydrogen) atoms. The Morgan fingerprint density at radius 1 is 0.696 bits per heavy atom. The summed E-state index contributed by atoms with van der Waals surface area (Å²) in [5.74, 6) is -2.22. The van der Waals surface area contributed by atoms with Crippen LogP contribution in [-0.4, -0.2) is 37.9 Å². The van der Waals surface area contributed by atoms with E-state index in [9.17, 15) is 35.5 Å². The molecule has 0 unspecified atom stereocenters. The largest absolute Gasteiger partial charge is 0.386 e. The minimum atomic E-state index is -4.90. The van der Waals surface area contributed by atoms with Gasteiger partial charge in [-0.15, -0.1) is 0 Å². The Balaban J connectivity index is 2.70. The van der Waals surface area contributed by atoms with Crippen LogP contribution in [0.1, 0.15) is 20.7 Å². The number of hydrogen-bond donors (Lipinski definition) is 2. The average molecular weight is 358 g/mol. The van der Waals surface area contributed by atoms with Crippen molar-refractivity contribution in [3.63, 3.8) is 0 Å². The highest BCUT2D eigenvalue weighted by atomic mass is 32.2. The molecular formula is C12H6O9S2. The van der Waals surface area contributed by atoms with E-state index >= 15 is 0 Å². The van der Waals surface area contributed by atoms with Crippen molar-refractivity contribution in [3.05, 3.63) is 35.4 Å². The molecular weight excluding hydrogens is 352 g/mol. The van der Waals surface area contributed by atoms with Crippen molar-refractivity contribution in [3.8, 4) is 0 Å². The van der Waals surface area contributed by atoms with Crippen LogP contribution in [0.3, 0.4) is 0 Å². The van der Waals surface area contributed by atoms with Crippen LogP contribution in [0.15, 0.2) is 34.1 Å². The van der Waals surface area contributed by atoms with Crippen molar-refractivity contribution >= 4 is 42.9 Å². The SMILES string of the molecule is O=C1OC(=O)c2ccc(S(=O)(=O)O)c3c(S(=O)(=O)O)ccc1c23. The summed E-state index contributed by atoms with van der Waals surface area (Å²) in [4.78, 5) is 21.7. The quantitative estimate of drug-likeness (QED) is 0.447. The van der Waals surface area contributed by atoms with Gasteiger partial charge in [-0.25, -0.2) is 9.59 Å². The number of cyclic esters (lactones) is 2. The second kappa shape index (κ2) is 4.58. The zero-order valence-electron chi connectivity index (χ0n) is 10.9. The minimum absolute atomic E-state index is 0.271. The van der Waals surface area contributed by atoms with E-state index in [4.69, 9.17) is 0 Å². The first-order valence-corrected chi connectivity index (χ1v) is 8.71. The van der Waals surface area contributed by atoms with E-state index < -0.39 is 47.4 Å². The van der Waals surface area contributed by atoms with E-state index in [1.165, 1.54) is 0 Å². The van der Waals surface area contributed by atoms with Gasteiger partial charge < -0.3 is 4.74 Å². The monoisotopic (exact) mass is 358 g/mol. The van der Waals surface area contributed by atoms with Crippen LogP contribution >= 0.6 is 0 Å². The molecule has 2 aromatic carbocycles. The first-order valence-electron chi connectivity index (χ1n) is 5.83. The van der Waals surface area contributed by atoms with Gasteiger partial charge in [0, 0.05) is 10.8 Å². The molecule has 0 amide bonds. The third-order valence-electron chi connectivity index (χ3n) is 3.27. The summed E-state index contributed by atoms with van der Waals surface area (Å²) in [5, 5.41) is -0.994. The van der Waals surface area contributed by atoms with Crippen LogP contribution in [0.5, 0.6) is 0 Å². The fourth-order valence-electron chi connectivity index (χ4n) is 2.40. The van der Waals surface area contributed by atoms with E-state index in [1.807, 2.05) is 0 Å². The summed E-state index contributed by atoms with van der Waals surface area (Å²) >= 11 is 0. The van der Waals surface area contributed by atoms with Gasteiger partial charge in [-0.3, -0.25) is 9.11 Å². The molecule has 2 aromatic rings. The number of carbonyl (C=O) groups excluding carboxylic acids is 2. The van der Waals surface area contributed by atoms with Crippen molar-refractivity contribution in [1.29, 1.82) is 0 Å². The molecule has 9 nitrogen and oxygen atoms in total. The van der Waals surface area contributed by atoms with Crippen LogP contribution in [0, 0.1) is 0 Å². The summed E-state index contributed by atoms with van der Waals surface area (Å²) < 4.78 is 69.0. The maximum atomic E-state index is 11.7. The lowest BCUT2D eigenvalue weighted by Crippen LogP contribution is -2.21. The van der Waals surface area contributed by atoms with Gasteiger partial charge in [-0.2, -0.15) is 16.8 Å². The minimum Gasteiger partial charge on any atom is -0.386 e. The molecule has 0 aliphatic carbocycles. The lowest BCUT2D eigenvalue weighted by molar-refractivity contribution is 0.0391. The molecule has 0 saturated carbocycles. The second-order valence-electron chi connectivity index (χ2n) is 4.60. The number of carbonyl (C=O) groups is 2. The Bertz CT molecular complexity index is 1030. The smallest absolute Gasteiger partial charge is 0.346 e. The molecule has 0 saturated heterocycles. The van der Waals surface area contributed by atoms with Gasteiger partial charge in [-0.05, 0) is 24.3 Å². The molecule has 0 bridgehead atoms. The van der Waals surface area contributed by atoms with Crippen molar-refractivity contribution in [2.75, 3.05) is 0 Å². The van der Waals surface area contributed by atoms with Gasteiger partial charge in [-0.1, -0.05) is 0 Å². The molecule has 11 heteroatoms. The molecule has 1 heterocycles. The van der Waals surface area contributed by atoms with E-state index in [0.717, 1.165) is 24.3 Å². The Labute approximate surface area is 129 Å². The summed E-state index contributed by atoms with van der Waals surface area (Å²) in [6.45, 7) is 0. The molecule has 0 atom stereocenters. The summed E-state index contributed by atoms with van der Waals surface area (Å²) in [7, 11) is -9.81. The van der Waals surface area contributed by atoms with Crippen molar-refractivity contribution in [2.24, 2.45) is 0 Å². The molecule has 1 aliphatic rings. The second-order valence-corrected chi connectivity index (χ2v) is 7.38. The maximum Gasteiger partial charge on any atom is 0.346 e. The zero-order chi connectivity index (χ0) is 17.2. The zero-order valence-corrected chi connectivity index (χ0v) is 12.5. The topological polar surface area (TPSA) is 152 Å². The first kappa shape index (κ1) is 15.6. The van der Waals surface area contributed by atoms with Gasteiger partial charge in [0.2, 0.25) is 0 Å². The molecule has 0 radical (unpaired) electrons. The summed E-state index contributed by atoms with van der Waals surface area (Å²) in [6, 6.07) is 3.50. The number of ether oxygens (including phenoxy) is 1. The predicted octanol–water partition coefficient (Wildman–Crippen LogP) is 0.644. The summed E-state index contributed by atoms with van der Waals surface area (Å²) in [5.41, 5.74) is -0.542. The Morgan fingerprint density at radius 3 is 1.43 bits per heavy atom. The van der Waals surface area contributed by atoms with Crippen LogP contribution in [0.25, 0.3) is 10.8 Å². The molecule has 1 aliphatic heterocycles. The molecule has 0 fully saturated rings. The standard InChI is InChI=1S/C12H6O9S2/c13-11-5-1-3-7(22(15,16)17)10-8(23(18,19)20)4-2-6(9(5)10)12(14)21-11/h1-4H,(H,15,16,17)(H,18,19,20). The summed E-state index contributed by atoms with van der Waals surface area (Å²) in [6.07, 6.45) is 0. The van der Waals surface area contributed by atoms with E-state index in [1.54, 1.807) is 0 Å². The van der Waals surface area contributed by atoms with Crippen molar-refractivity contribution in [2.45, 2.75) is 9.79 Å². The maximum absolute atomic E-state index is 11.7. The Hall–Kier alpha value is -2.34. The van der Waals surface area contributed by atoms with Gasteiger partial charge in [0.25, 0.3) is 20.2 Å². The van der Waals surface area contributed by atoms with Gasteiger partial charge in [0.15, 0.2) is 0 Å². The lowest BCUT2D eigenvalue weighted by Gasteiger charge is -2.18. The number of benzene rings is 2. The molecule has 0 spiro atoms. The molecule has 0 aromatic heterocycles. The van der Waals surface area contributed by atoms with E-state index in [2.05, 4.69) is 4.74 Å². The highest BCUT2D eigenvalue weighted by Gasteiger charge is 2.33. The fraction of sp³-hybridized carbons (Fsp3) is 0. The average Bonchev–Trinajstić information content (AvgIpc) is 2.41. The van der Waals surface area contributed by atoms with Crippen molar-refractivity contribution in [1.82, 2.24) is 0 Å². The third-order valence-corrected chi connectivity index (χ3v) is 5.06. The normalized spacial score (nSPS) is 14.9. The number of rotatable bonds is 2. The Kier molecular flexibility index (Phi) is 3.10. The van der Waals surface area contributed by atoms with Crippen LogP contribution < -0.4 is 0 Å². The third kappa shape index (κ3) is 2.30. The fourth-order valence-corrected chi connectivity index (χ4v) is 3.88. The predicted molar refractivity (Wildman–Crippen MR) is 73.3 cm³/mol. The van der Waals surface area contributed by atoms with Crippen molar-refractivity contribution < 1.29 is 40.3 Å². The first-order chi connectivity index (χ1) is 10.5. The highest BCUT2D eigenvalue weighted by Crippen LogP contribution is 2.36. The molecule has 120 valence electrons. The number of esters is 2. The van der Waals surface area contributed by atoms with Gasteiger partial charge in [0.1, 0.15) is 9.79 Å². The number of hydrogen-bond acceptors (Lipinski definition) is 7.